The molecule has 2 aromatic carbocycles. The second-order valence-corrected chi connectivity index (χ2v) is 4.86. The number of hydrogen-bond acceptors (Lipinski definition) is 1. The Labute approximate surface area is 86.5 Å². The van der Waals surface area contributed by atoms with Crippen LogP contribution in [0.2, 0.25) is 0 Å². The van der Waals surface area contributed by atoms with E-state index in [1.54, 1.807) is 24.3 Å². The molecule has 2 rings (SSSR count). The van der Waals surface area contributed by atoms with Crippen molar-refractivity contribution in [3.05, 3.63) is 36.4 Å². The normalized spacial score (nSPS) is 11.9. The lowest BCUT2D eigenvalue weighted by Crippen LogP contribution is -2.02. The number of nitrogens with one attached hydrogen (secondary N) is 1. The molecule has 0 aliphatic carbocycles. The first-order valence-corrected chi connectivity index (χ1v) is 5.90. The van der Waals surface area contributed by atoms with Crippen molar-refractivity contribution in [2.75, 3.05) is 0 Å². The Bertz CT molecular complexity index is 562. The van der Waals surface area contributed by atoms with Crippen LogP contribution in [0.5, 0.6) is 0 Å². The third kappa shape index (κ3) is 1.88. The fraction of sp³-hybridized carbons (Fsp3) is 0. The molecule has 0 fully saturated rings. The first-order chi connectivity index (χ1) is 6.98. The van der Waals surface area contributed by atoms with Gasteiger partial charge in [-0.3, -0.25) is 4.57 Å². The summed E-state index contributed by atoms with van der Waals surface area (Å²) in [5, 5.41) is 1.35. The van der Waals surface area contributed by atoms with E-state index in [9.17, 15) is 4.57 Å². The molecule has 0 saturated heterocycles. The minimum Gasteiger partial charge on any atom is -0.321 e. The summed E-state index contributed by atoms with van der Waals surface area (Å²) in [6, 6.07) is 9.40. The highest BCUT2D eigenvalue weighted by Gasteiger charge is 2.16. The van der Waals surface area contributed by atoms with E-state index in [0.29, 0.717) is 16.5 Å². The van der Waals surface area contributed by atoms with Crippen molar-refractivity contribution in [1.29, 1.82) is 0 Å². The molecule has 0 aromatic heterocycles. The van der Waals surface area contributed by atoms with Crippen molar-refractivity contribution in [1.82, 2.24) is 5.73 Å². The lowest BCUT2D eigenvalue weighted by Gasteiger charge is -2.06. The molecule has 1 radical (unpaired) electrons. The van der Waals surface area contributed by atoms with Crippen molar-refractivity contribution in [2.45, 2.75) is 0 Å². The maximum Gasteiger partial charge on any atom is 0.356 e. The van der Waals surface area contributed by atoms with Gasteiger partial charge < -0.3 is 15.5 Å². The molecule has 0 spiro atoms. The van der Waals surface area contributed by atoms with Gasteiger partial charge in [-0.1, -0.05) is 18.2 Å². The topological polar surface area (TPSA) is 81.3 Å². The molecule has 3 N–H and O–H groups in total. The summed E-state index contributed by atoms with van der Waals surface area (Å²) in [5.41, 5.74) is 7.95. The van der Waals surface area contributed by atoms with E-state index >= 15 is 0 Å². The van der Waals surface area contributed by atoms with Gasteiger partial charge in [0.25, 0.3) is 0 Å². The molecule has 0 bridgehead atoms. The van der Waals surface area contributed by atoms with Crippen molar-refractivity contribution < 1.29 is 14.4 Å². The highest BCUT2D eigenvalue weighted by molar-refractivity contribution is 7.60. The van der Waals surface area contributed by atoms with E-state index < -0.39 is 7.60 Å². The van der Waals surface area contributed by atoms with E-state index in [2.05, 4.69) is 0 Å². The molecule has 0 atom stereocenters. The van der Waals surface area contributed by atoms with Crippen LogP contribution in [0.1, 0.15) is 0 Å². The van der Waals surface area contributed by atoms with Crippen molar-refractivity contribution in [2.24, 2.45) is 0 Å². The SMILES string of the molecule is [NH]c1cccc2cc(P(=O)(O)O)ccc12. The molecule has 0 aliphatic heterocycles. The summed E-state index contributed by atoms with van der Waals surface area (Å²) >= 11 is 0. The molecule has 4 nitrogen and oxygen atoms in total. The third-order valence-corrected chi connectivity index (χ3v) is 3.15. The predicted molar refractivity (Wildman–Crippen MR) is 58.4 cm³/mol. The molecule has 77 valence electrons. The smallest absolute Gasteiger partial charge is 0.321 e. The molecule has 2 aromatic rings. The summed E-state index contributed by atoms with van der Waals surface area (Å²) in [6.45, 7) is 0. The molecule has 0 amide bonds. The molecule has 0 unspecified atom stereocenters. The lowest BCUT2D eigenvalue weighted by atomic mass is 10.1. The zero-order chi connectivity index (χ0) is 11.1. The second-order valence-electron chi connectivity index (χ2n) is 3.26. The van der Waals surface area contributed by atoms with Crippen LogP contribution in [0, 0.1) is 0 Å². The molecule has 0 saturated carbocycles. The van der Waals surface area contributed by atoms with Crippen LogP contribution in [0.15, 0.2) is 36.4 Å². The molecule has 0 aliphatic rings. The van der Waals surface area contributed by atoms with Gasteiger partial charge in [-0.25, -0.2) is 0 Å². The standard InChI is InChI=1S/C10H9NO3P/c11-10-3-1-2-7-6-8(15(12,13)14)4-5-9(7)10/h1-6,11H,(H2,12,13,14). The van der Waals surface area contributed by atoms with Gasteiger partial charge in [-0.2, -0.15) is 0 Å². The molecular formula is C10H9NO3P. The Morgan fingerprint density at radius 3 is 2.53 bits per heavy atom. The summed E-state index contributed by atoms with van der Waals surface area (Å²) < 4.78 is 11.0. The number of fused-ring (bicyclic) bond motifs is 1. The Hall–Kier alpha value is -1.35. The predicted octanol–water partition coefficient (Wildman–Crippen LogP) is 1.56. The molecule has 15 heavy (non-hydrogen) atoms. The van der Waals surface area contributed by atoms with Gasteiger partial charge in [-0.05, 0) is 23.6 Å². The number of benzene rings is 2. The third-order valence-electron chi connectivity index (χ3n) is 2.20. The van der Waals surface area contributed by atoms with E-state index in [0.717, 1.165) is 0 Å². The van der Waals surface area contributed by atoms with E-state index in [4.69, 9.17) is 15.5 Å². The van der Waals surface area contributed by atoms with Crippen LogP contribution in [0.3, 0.4) is 0 Å². The summed E-state index contributed by atoms with van der Waals surface area (Å²) in [4.78, 5) is 18.0. The van der Waals surface area contributed by atoms with Crippen LogP contribution in [0.4, 0.5) is 5.69 Å². The van der Waals surface area contributed by atoms with Crippen LogP contribution < -0.4 is 11.0 Å². The van der Waals surface area contributed by atoms with Gasteiger partial charge in [0.05, 0.1) is 11.0 Å². The fourth-order valence-electron chi connectivity index (χ4n) is 1.45. The Kier molecular flexibility index (Phi) is 2.27. The minimum atomic E-state index is -4.20. The monoisotopic (exact) mass is 222 g/mol. The van der Waals surface area contributed by atoms with E-state index in [1.807, 2.05) is 0 Å². The minimum absolute atomic E-state index is 0.0133. The van der Waals surface area contributed by atoms with Crippen molar-refractivity contribution >= 4 is 29.4 Å². The lowest BCUT2D eigenvalue weighted by molar-refractivity contribution is 0.387. The largest absolute Gasteiger partial charge is 0.356 e. The summed E-state index contributed by atoms with van der Waals surface area (Å²) in [7, 11) is -4.20. The maximum absolute atomic E-state index is 11.0. The highest BCUT2D eigenvalue weighted by atomic mass is 31.2. The van der Waals surface area contributed by atoms with Crippen molar-refractivity contribution in [3.8, 4) is 0 Å². The average Bonchev–Trinajstić information content (AvgIpc) is 2.16. The first-order valence-electron chi connectivity index (χ1n) is 4.29. The van der Waals surface area contributed by atoms with Crippen LogP contribution >= 0.6 is 7.60 Å². The molecule has 0 heterocycles. The number of rotatable bonds is 1. The fourth-order valence-corrected chi connectivity index (χ4v) is 2.03. The van der Waals surface area contributed by atoms with Gasteiger partial charge in [0, 0.05) is 5.39 Å². The number of hydrogen-bond donors (Lipinski definition) is 2. The maximum atomic E-state index is 11.0. The van der Waals surface area contributed by atoms with E-state index in [-0.39, 0.29) is 5.30 Å². The average molecular weight is 222 g/mol. The van der Waals surface area contributed by atoms with E-state index in [1.165, 1.54) is 12.1 Å². The quantitative estimate of drug-likeness (QED) is 0.718. The Morgan fingerprint density at radius 2 is 1.87 bits per heavy atom. The van der Waals surface area contributed by atoms with Gasteiger partial charge in [0.1, 0.15) is 0 Å². The van der Waals surface area contributed by atoms with Gasteiger partial charge in [0.15, 0.2) is 0 Å². The zero-order valence-electron chi connectivity index (χ0n) is 7.71. The molecular weight excluding hydrogens is 213 g/mol. The summed E-state index contributed by atoms with van der Waals surface area (Å²) in [6.07, 6.45) is 0. The van der Waals surface area contributed by atoms with Gasteiger partial charge in [-0.15, -0.1) is 0 Å². The summed E-state index contributed by atoms with van der Waals surface area (Å²) in [5.74, 6) is 0. The Balaban J connectivity index is 2.73. The van der Waals surface area contributed by atoms with Gasteiger partial charge >= 0.3 is 7.60 Å². The van der Waals surface area contributed by atoms with Crippen LogP contribution in [-0.4, -0.2) is 9.79 Å². The molecule has 5 heteroatoms. The van der Waals surface area contributed by atoms with Gasteiger partial charge in [0.2, 0.25) is 0 Å². The second kappa shape index (κ2) is 3.35. The zero-order valence-corrected chi connectivity index (χ0v) is 8.61. The Morgan fingerprint density at radius 1 is 1.13 bits per heavy atom. The highest BCUT2D eigenvalue weighted by Crippen LogP contribution is 2.34. The van der Waals surface area contributed by atoms with Crippen LogP contribution in [0.25, 0.3) is 10.8 Å². The first kappa shape index (κ1) is 10.2. The van der Waals surface area contributed by atoms with Crippen LogP contribution in [-0.2, 0) is 4.57 Å². The van der Waals surface area contributed by atoms with Crippen molar-refractivity contribution in [3.63, 3.8) is 0 Å².